The van der Waals surface area contributed by atoms with Crippen LogP contribution in [0.25, 0.3) is 22.3 Å². The first-order valence-corrected chi connectivity index (χ1v) is 11.9. The summed E-state index contributed by atoms with van der Waals surface area (Å²) in [5, 5.41) is 5.87. The maximum atomic E-state index is 13.4. The van der Waals surface area contributed by atoms with Gasteiger partial charge in [0.2, 0.25) is 5.91 Å². The average Bonchev–Trinajstić information content (AvgIpc) is 3.28. The van der Waals surface area contributed by atoms with Gasteiger partial charge in [0.25, 0.3) is 0 Å². The lowest BCUT2D eigenvalue weighted by atomic mass is 10.1. The van der Waals surface area contributed by atoms with E-state index in [4.69, 9.17) is 27.2 Å². The van der Waals surface area contributed by atoms with Crippen molar-refractivity contribution >= 4 is 34.4 Å². The van der Waals surface area contributed by atoms with Crippen LogP contribution in [0, 0.1) is 5.82 Å². The number of hydrogen-bond acceptors (Lipinski definition) is 6. The molecule has 3 heterocycles. The fourth-order valence-electron chi connectivity index (χ4n) is 4.49. The summed E-state index contributed by atoms with van der Waals surface area (Å²) >= 11 is 6.67. The molecule has 184 valence electrons. The summed E-state index contributed by atoms with van der Waals surface area (Å²) < 4.78 is 21.1. The minimum atomic E-state index is -0.318. The maximum absolute atomic E-state index is 13.4. The Kier molecular flexibility index (Phi) is 6.56. The van der Waals surface area contributed by atoms with Crippen LogP contribution >= 0.6 is 11.6 Å². The van der Waals surface area contributed by atoms with Gasteiger partial charge in [-0.25, -0.2) is 19.0 Å². The summed E-state index contributed by atoms with van der Waals surface area (Å²) in [5.74, 6) is 0.398. The number of nitrogen functional groups attached to an aromatic ring is 1. The van der Waals surface area contributed by atoms with Gasteiger partial charge in [-0.3, -0.25) is 4.79 Å². The number of halogens is 2. The number of carbonyl (C=O) groups is 1. The zero-order valence-corrected chi connectivity index (χ0v) is 20.2. The van der Waals surface area contributed by atoms with Gasteiger partial charge in [0.1, 0.15) is 36.0 Å². The second-order valence-corrected chi connectivity index (χ2v) is 9.00. The molecule has 8 nitrogen and oxygen atoms in total. The number of amides is 1. The molecule has 0 spiro atoms. The van der Waals surface area contributed by atoms with Gasteiger partial charge in [0.15, 0.2) is 5.65 Å². The monoisotopic (exact) mass is 506 g/mol. The van der Waals surface area contributed by atoms with Crippen molar-refractivity contribution < 1.29 is 13.9 Å². The highest BCUT2D eigenvalue weighted by atomic mass is 35.5. The fraction of sp³-hybridized carbons (Fsp3) is 0.231. The van der Waals surface area contributed by atoms with Gasteiger partial charge in [0, 0.05) is 18.7 Å². The second kappa shape index (κ2) is 9.94. The molecule has 1 atom stereocenters. The highest BCUT2D eigenvalue weighted by Crippen LogP contribution is 2.38. The van der Waals surface area contributed by atoms with Crippen LogP contribution in [-0.2, 0) is 11.4 Å². The molecule has 0 saturated carbocycles. The average molecular weight is 507 g/mol. The highest BCUT2D eigenvalue weighted by molar-refractivity contribution is 6.33. The number of nitrogens with two attached hydrogens (primary N) is 1. The van der Waals surface area contributed by atoms with Crippen LogP contribution in [0.2, 0.25) is 5.02 Å². The number of rotatable bonds is 6. The molecule has 36 heavy (non-hydrogen) atoms. The highest BCUT2D eigenvalue weighted by Gasteiger charge is 2.28. The van der Waals surface area contributed by atoms with E-state index >= 15 is 0 Å². The summed E-state index contributed by atoms with van der Waals surface area (Å²) in [4.78, 5) is 22.6. The Morgan fingerprint density at radius 3 is 2.92 bits per heavy atom. The van der Waals surface area contributed by atoms with Gasteiger partial charge in [-0.1, -0.05) is 30.3 Å². The molecule has 0 aliphatic carbocycles. The van der Waals surface area contributed by atoms with Crippen LogP contribution in [0.5, 0.6) is 5.75 Å². The minimum Gasteiger partial charge on any atom is -0.489 e. The van der Waals surface area contributed by atoms with Crippen LogP contribution in [0.4, 0.5) is 10.2 Å². The number of likely N-dealkylation sites (tertiary alicyclic amines) is 1. The van der Waals surface area contributed by atoms with Crippen molar-refractivity contribution in [2.24, 2.45) is 0 Å². The van der Waals surface area contributed by atoms with Crippen LogP contribution in [0.1, 0.15) is 24.4 Å². The lowest BCUT2D eigenvalue weighted by molar-refractivity contribution is -0.127. The van der Waals surface area contributed by atoms with Gasteiger partial charge < -0.3 is 15.4 Å². The molecule has 10 heteroatoms. The molecule has 2 aromatic carbocycles. The number of fused-ring (bicyclic) bond motifs is 1. The van der Waals surface area contributed by atoms with E-state index in [0.29, 0.717) is 57.5 Å². The molecule has 1 aliphatic heterocycles. The van der Waals surface area contributed by atoms with Gasteiger partial charge in [-0.05, 0) is 54.8 Å². The topological polar surface area (TPSA) is 99.2 Å². The van der Waals surface area contributed by atoms with Crippen molar-refractivity contribution in [2.75, 3.05) is 18.8 Å². The predicted octanol–water partition coefficient (Wildman–Crippen LogP) is 4.80. The first-order chi connectivity index (χ1) is 17.4. The Morgan fingerprint density at radius 2 is 2.14 bits per heavy atom. The van der Waals surface area contributed by atoms with Crippen molar-refractivity contribution in [3.05, 3.63) is 77.9 Å². The van der Waals surface area contributed by atoms with E-state index in [1.165, 1.54) is 24.5 Å². The lowest BCUT2D eigenvalue weighted by Crippen LogP contribution is -2.40. The molecule has 1 amide bonds. The number of ether oxygens (including phenoxy) is 1. The zero-order chi connectivity index (χ0) is 25.2. The Labute approximate surface area is 212 Å². The minimum absolute atomic E-state index is 0.0825. The predicted molar refractivity (Wildman–Crippen MR) is 136 cm³/mol. The van der Waals surface area contributed by atoms with Crippen molar-refractivity contribution in [3.63, 3.8) is 0 Å². The molecule has 2 aromatic heterocycles. The Bertz CT molecular complexity index is 1460. The molecular formula is C26H24ClFN6O2. The summed E-state index contributed by atoms with van der Waals surface area (Å²) in [6.45, 7) is 4.96. The number of aromatic nitrogens is 4. The summed E-state index contributed by atoms with van der Waals surface area (Å²) in [7, 11) is 0. The number of piperidine rings is 1. The smallest absolute Gasteiger partial charge is 0.246 e. The standard InChI is InChI=1S/C26H24ClFN6O2/c1-2-22(35)33-10-4-7-18(13-33)34-26-23(25(29)30-15-31-26)24(32-34)20-9-8-19(12-21(20)27)36-14-16-5-3-6-17(28)11-16/h2-3,5-6,8-9,11-12,15,18H,1,4,7,10,13-14H2,(H2,29,30,31)/t18-/m1/s1. The lowest BCUT2D eigenvalue weighted by Gasteiger charge is -2.32. The molecule has 2 N–H and O–H groups in total. The quantitative estimate of drug-likeness (QED) is 0.377. The molecule has 1 aliphatic rings. The number of hydrogen-bond donors (Lipinski definition) is 1. The van der Waals surface area contributed by atoms with E-state index in [9.17, 15) is 9.18 Å². The van der Waals surface area contributed by atoms with E-state index in [1.54, 1.807) is 35.2 Å². The molecule has 0 bridgehead atoms. The van der Waals surface area contributed by atoms with Crippen molar-refractivity contribution in [1.29, 1.82) is 0 Å². The third-order valence-corrected chi connectivity index (χ3v) is 6.55. The summed E-state index contributed by atoms with van der Waals surface area (Å²) in [5.41, 5.74) is 8.75. The summed E-state index contributed by atoms with van der Waals surface area (Å²) in [6, 6.07) is 11.4. The molecule has 5 rings (SSSR count). The van der Waals surface area contributed by atoms with Gasteiger partial charge >= 0.3 is 0 Å². The maximum Gasteiger partial charge on any atom is 0.246 e. The zero-order valence-electron chi connectivity index (χ0n) is 19.4. The van der Waals surface area contributed by atoms with E-state index in [-0.39, 0.29) is 24.4 Å². The van der Waals surface area contributed by atoms with E-state index in [0.717, 1.165) is 12.8 Å². The van der Waals surface area contributed by atoms with Crippen molar-refractivity contribution in [2.45, 2.75) is 25.5 Å². The van der Waals surface area contributed by atoms with Gasteiger partial charge in [-0.15, -0.1) is 0 Å². The first kappa shape index (κ1) is 23.7. The third kappa shape index (κ3) is 4.61. The Balaban J connectivity index is 1.47. The SMILES string of the molecule is C=CC(=O)N1CCC[C@@H](n2nc(-c3ccc(OCc4cccc(F)c4)cc3Cl)c3c(N)ncnc32)C1. The van der Waals surface area contributed by atoms with E-state index in [2.05, 4.69) is 16.5 Å². The van der Waals surface area contributed by atoms with Gasteiger partial charge in [0.05, 0.1) is 16.5 Å². The normalized spacial score (nSPS) is 15.7. The van der Waals surface area contributed by atoms with E-state index < -0.39 is 0 Å². The molecule has 0 unspecified atom stereocenters. The van der Waals surface area contributed by atoms with Crippen LogP contribution < -0.4 is 10.5 Å². The molecule has 1 saturated heterocycles. The molecule has 4 aromatic rings. The number of nitrogens with zero attached hydrogens (tertiary/aromatic N) is 5. The largest absolute Gasteiger partial charge is 0.489 e. The van der Waals surface area contributed by atoms with Crippen molar-refractivity contribution in [1.82, 2.24) is 24.6 Å². The number of anilines is 1. The van der Waals surface area contributed by atoms with E-state index in [1.807, 2.05) is 4.68 Å². The van der Waals surface area contributed by atoms with Crippen LogP contribution in [-0.4, -0.2) is 43.6 Å². The van der Waals surface area contributed by atoms with Crippen LogP contribution in [0.3, 0.4) is 0 Å². The first-order valence-electron chi connectivity index (χ1n) is 11.5. The number of carbonyl (C=O) groups excluding carboxylic acids is 1. The third-order valence-electron chi connectivity index (χ3n) is 6.24. The van der Waals surface area contributed by atoms with Crippen molar-refractivity contribution in [3.8, 4) is 17.0 Å². The fourth-order valence-corrected chi connectivity index (χ4v) is 4.75. The Hall–Kier alpha value is -3.98. The molecule has 0 radical (unpaired) electrons. The Morgan fingerprint density at radius 1 is 1.28 bits per heavy atom. The molecular weight excluding hydrogens is 483 g/mol. The molecule has 1 fully saturated rings. The van der Waals surface area contributed by atoms with Crippen LogP contribution in [0.15, 0.2) is 61.4 Å². The van der Waals surface area contributed by atoms with Gasteiger partial charge in [-0.2, -0.15) is 5.10 Å². The summed E-state index contributed by atoms with van der Waals surface area (Å²) in [6.07, 6.45) is 4.40. The second-order valence-electron chi connectivity index (χ2n) is 8.60. The number of benzene rings is 2.